The fourth-order valence-corrected chi connectivity index (χ4v) is 14.1. The van der Waals surface area contributed by atoms with Crippen molar-refractivity contribution >= 4 is 27.8 Å². The van der Waals surface area contributed by atoms with E-state index < -0.39 is 5.41 Å². The van der Waals surface area contributed by atoms with Crippen molar-refractivity contribution in [1.29, 1.82) is 0 Å². The molecule has 0 bridgehead atoms. The molecule has 11 aromatic rings. The van der Waals surface area contributed by atoms with Gasteiger partial charge in [0.25, 0.3) is 0 Å². The zero-order valence-electron chi connectivity index (χ0n) is 41.0. The first-order valence-electron chi connectivity index (χ1n) is 25.6. The largest absolute Gasteiger partial charge is 0.310 e. The lowest BCUT2D eigenvalue weighted by molar-refractivity contribution is 0.660. The summed E-state index contributed by atoms with van der Waals surface area (Å²) in [5, 5.41) is 2.56. The van der Waals surface area contributed by atoms with Gasteiger partial charge in [-0.25, -0.2) is 0 Å². The van der Waals surface area contributed by atoms with E-state index in [-0.39, 0.29) is 10.8 Å². The van der Waals surface area contributed by atoms with Crippen LogP contribution in [0.25, 0.3) is 77.5 Å². The van der Waals surface area contributed by atoms with E-state index in [1.54, 1.807) is 0 Å². The van der Waals surface area contributed by atoms with E-state index in [1.165, 1.54) is 122 Å². The highest BCUT2D eigenvalue weighted by atomic mass is 15.1. The number of anilines is 3. The molecule has 0 atom stereocenters. The average molecular weight is 918 g/mol. The molecule has 0 radical (unpaired) electrons. The lowest BCUT2D eigenvalue weighted by Gasteiger charge is -2.32. The maximum absolute atomic E-state index is 2.50. The highest BCUT2D eigenvalue weighted by molar-refractivity contribution is 6.16. The second-order valence-corrected chi connectivity index (χ2v) is 21.5. The lowest BCUT2D eigenvalue weighted by Crippen LogP contribution is -2.26. The number of benzene rings is 11. The predicted molar refractivity (Wildman–Crippen MR) is 301 cm³/mol. The van der Waals surface area contributed by atoms with Crippen LogP contribution in [-0.4, -0.2) is 0 Å². The third-order valence-electron chi connectivity index (χ3n) is 17.3. The fourth-order valence-electron chi connectivity index (χ4n) is 14.1. The fraction of sp³-hybridized carbons (Fsp3) is 0.0986. The van der Waals surface area contributed by atoms with Crippen molar-refractivity contribution < 1.29 is 0 Å². The Morgan fingerprint density at radius 3 is 1.17 bits per heavy atom. The third-order valence-corrected chi connectivity index (χ3v) is 17.3. The Kier molecular flexibility index (Phi) is 8.46. The van der Waals surface area contributed by atoms with Gasteiger partial charge in [0.1, 0.15) is 0 Å². The van der Waals surface area contributed by atoms with Gasteiger partial charge in [0, 0.05) is 27.9 Å². The Balaban J connectivity index is 0.988. The molecule has 15 rings (SSSR count). The summed E-state index contributed by atoms with van der Waals surface area (Å²) < 4.78 is 0. The van der Waals surface area contributed by atoms with Crippen molar-refractivity contribution in [3.8, 4) is 66.8 Å². The van der Waals surface area contributed by atoms with E-state index in [4.69, 9.17) is 0 Å². The quantitative estimate of drug-likeness (QED) is 0.166. The summed E-state index contributed by atoms with van der Waals surface area (Å²) in [5.74, 6) is 0. The molecule has 0 heterocycles. The molecular weight excluding hydrogens is 867 g/mol. The van der Waals surface area contributed by atoms with Gasteiger partial charge >= 0.3 is 0 Å². The van der Waals surface area contributed by atoms with E-state index in [0.29, 0.717) is 0 Å². The molecule has 72 heavy (non-hydrogen) atoms. The van der Waals surface area contributed by atoms with E-state index in [0.717, 1.165) is 17.1 Å². The van der Waals surface area contributed by atoms with Crippen LogP contribution in [0.4, 0.5) is 17.1 Å². The van der Waals surface area contributed by atoms with Crippen molar-refractivity contribution in [2.75, 3.05) is 4.90 Å². The maximum Gasteiger partial charge on any atom is 0.0731 e. The van der Waals surface area contributed by atoms with Gasteiger partial charge in [0.05, 0.1) is 5.41 Å². The van der Waals surface area contributed by atoms with Crippen LogP contribution in [-0.2, 0) is 16.2 Å². The van der Waals surface area contributed by atoms with Gasteiger partial charge in [0.15, 0.2) is 0 Å². The number of nitrogens with zero attached hydrogens (tertiary/aromatic N) is 1. The summed E-state index contributed by atoms with van der Waals surface area (Å²) in [4.78, 5) is 2.50. The van der Waals surface area contributed by atoms with E-state index >= 15 is 0 Å². The first-order chi connectivity index (χ1) is 35.3. The van der Waals surface area contributed by atoms with Gasteiger partial charge in [-0.2, -0.15) is 0 Å². The predicted octanol–water partition coefficient (Wildman–Crippen LogP) is 18.6. The number of rotatable bonds is 5. The van der Waals surface area contributed by atoms with Gasteiger partial charge in [-0.15, -0.1) is 0 Å². The molecule has 1 spiro atoms. The molecule has 0 unspecified atom stereocenters. The molecule has 1 heteroatoms. The topological polar surface area (TPSA) is 3.24 Å². The standard InChI is InChI=1S/C71H51N/c1-69(2)58-29-15-10-22-49(58)53-40-38-47(42-63(53)69)72(48-39-41-54-50-23-11-16-30-59(50)70(3,4)64(54)43-48)46-36-34-45(35-37-46)66-65(44-20-6-5-7-21-44)55-26-8-9-27-56(55)68-67(66)57-28-14-19-33-62(57)71(68)60-31-17-12-24-51(60)52-25-13-18-32-61(52)71/h5-43H,1-4H3. The molecule has 0 saturated heterocycles. The van der Waals surface area contributed by atoms with Crippen LogP contribution in [0.3, 0.4) is 0 Å². The van der Waals surface area contributed by atoms with Gasteiger partial charge in [-0.3, -0.25) is 0 Å². The molecule has 0 aliphatic heterocycles. The monoisotopic (exact) mass is 917 g/mol. The Hall–Kier alpha value is -8.52. The smallest absolute Gasteiger partial charge is 0.0731 e. The minimum atomic E-state index is -0.499. The van der Waals surface area contributed by atoms with Crippen molar-refractivity contribution in [3.63, 3.8) is 0 Å². The summed E-state index contributed by atoms with van der Waals surface area (Å²) in [6.07, 6.45) is 0. The summed E-state index contributed by atoms with van der Waals surface area (Å²) in [6.45, 7) is 9.53. The zero-order valence-corrected chi connectivity index (χ0v) is 41.0. The van der Waals surface area contributed by atoms with E-state index in [2.05, 4.69) is 269 Å². The molecule has 340 valence electrons. The van der Waals surface area contributed by atoms with E-state index in [1.807, 2.05) is 0 Å². The SMILES string of the molecule is CC1(C)c2ccccc2-c2ccc(N(c3ccc(-c4c5c(c6ccccc6c4-c4ccccc4)C4(c6ccccc6-c6ccccc64)c4ccccc4-5)cc3)c3ccc4c(c3)C(C)(C)c3ccccc3-4)cc21. The summed E-state index contributed by atoms with van der Waals surface area (Å²) in [5.41, 5.74) is 29.1. The molecule has 1 nitrogen and oxygen atoms in total. The summed E-state index contributed by atoms with van der Waals surface area (Å²) in [7, 11) is 0. The van der Waals surface area contributed by atoms with Crippen molar-refractivity contribution in [3.05, 3.63) is 281 Å². The third kappa shape index (κ3) is 5.33. The van der Waals surface area contributed by atoms with Crippen molar-refractivity contribution in [2.24, 2.45) is 0 Å². The molecule has 0 fully saturated rings. The minimum absolute atomic E-state index is 0.142. The lowest BCUT2D eigenvalue weighted by atomic mass is 9.68. The molecule has 0 amide bonds. The molecule has 0 aromatic heterocycles. The van der Waals surface area contributed by atoms with Crippen LogP contribution in [0.1, 0.15) is 72.2 Å². The normalized spacial score (nSPS) is 15.0. The van der Waals surface area contributed by atoms with Crippen LogP contribution in [0, 0.1) is 0 Å². The maximum atomic E-state index is 2.50. The highest BCUT2D eigenvalue weighted by Gasteiger charge is 2.53. The number of hydrogen-bond acceptors (Lipinski definition) is 1. The first-order valence-corrected chi connectivity index (χ1v) is 25.6. The van der Waals surface area contributed by atoms with Crippen molar-refractivity contribution in [1.82, 2.24) is 0 Å². The Morgan fingerprint density at radius 1 is 0.264 bits per heavy atom. The highest BCUT2D eigenvalue weighted by Crippen LogP contribution is 2.67. The zero-order chi connectivity index (χ0) is 48.1. The molecule has 0 saturated carbocycles. The average Bonchev–Trinajstić information content (AvgIpc) is 4.06. The summed E-state index contributed by atoms with van der Waals surface area (Å²) in [6, 6.07) is 89.7. The Labute approximate surface area is 422 Å². The van der Waals surface area contributed by atoms with Crippen LogP contribution in [0.5, 0.6) is 0 Å². The molecule has 0 N–H and O–H groups in total. The summed E-state index contributed by atoms with van der Waals surface area (Å²) >= 11 is 0. The van der Waals surface area contributed by atoms with Crippen LogP contribution in [0.15, 0.2) is 237 Å². The van der Waals surface area contributed by atoms with Gasteiger partial charge < -0.3 is 4.90 Å². The second kappa shape index (κ2) is 14.8. The van der Waals surface area contributed by atoms with Crippen LogP contribution < -0.4 is 4.90 Å². The number of fused-ring (bicyclic) bond motifs is 18. The van der Waals surface area contributed by atoms with Crippen LogP contribution >= 0.6 is 0 Å². The molecular formula is C71H51N. The molecule has 4 aliphatic carbocycles. The Bertz CT molecular complexity index is 3940. The molecule has 11 aromatic carbocycles. The van der Waals surface area contributed by atoms with Gasteiger partial charge in [-0.05, 0) is 158 Å². The molecule has 4 aliphatic rings. The van der Waals surface area contributed by atoms with Crippen LogP contribution in [0.2, 0.25) is 0 Å². The van der Waals surface area contributed by atoms with Gasteiger partial charge in [0.2, 0.25) is 0 Å². The number of hydrogen-bond donors (Lipinski definition) is 0. The Morgan fingerprint density at radius 2 is 0.639 bits per heavy atom. The minimum Gasteiger partial charge on any atom is -0.310 e. The van der Waals surface area contributed by atoms with Gasteiger partial charge in [-0.1, -0.05) is 228 Å². The second-order valence-electron chi connectivity index (χ2n) is 21.5. The van der Waals surface area contributed by atoms with E-state index in [9.17, 15) is 0 Å². The first kappa shape index (κ1) is 41.3. The van der Waals surface area contributed by atoms with Crippen molar-refractivity contribution in [2.45, 2.75) is 43.9 Å².